The summed E-state index contributed by atoms with van der Waals surface area (Å²) in [4.78, 5) is 30.7. The predicted molar refractivity (Wildman–Crippen MR) is 127 cm³/mol. The number of rotatable bonds is 9. The first-order valence-electron chi connectivity index (χ1n) is 10.8. The van der Waals surface area contributed by atoms with Crippen LogP contribution in [0.1, 0.15) is 27.8 Å². The van der Waals surface area contributed by atoms with E-state index in [-0.39, 0.29) is 11.8 Å². The Morgan fingerprint density at radius 1 is 0.781 bits per heavy atom. The molecule has 0 N–H and O–H groups in total. The number of amides is 2. The molecule has 2 aromatic carbocycles. The number of hydrogen-bond acceptors (Lipinski definition) is 5. The highest BCUT2D eigenvalue weighted by Crippen LogP contribution is 2.36. The minimum atomic E-state index is -0.319. The van der Waals surface area contributed by atoms with Crippen LogP contribution in [0.2, 0.25) is 0 Å². The fourth-order valence-corrected chi connectivity index (χ4v) is 3.99. The molecule has 0 atom stereocenters. The first kappa shape index (κ1) is 23.7. The Labute approximate surface area is 190 Å². The smallest absolute Gasteiger partial charge is 0.282 e. The largest absolute Gasteiger partial charge is 0.383 e. The van der Waals surface area contributed by atoms with Crippen molar-refractivity contribution in [3.05, 3.63) is 69.9 Å². The lowest BCUT2D eigenvalue weighted by atomic mass is 9.97. The van der Waals surface area contributed by atoms with E-state index in [1.165, 1.54) is 4.90 Å². The molecule has 0 fully saturated rings. The summed E-state index contributed by atoms with van der Waals surface area (Å²) in [7, 11) is 3.24. The van der Waals surface area contributed by atoms with Crippen molar-refractivity contribution in [3.8, 4) is 0 Å². The van der Waals surface area contributed by atoms with E-state index in [4.69, 9.17) is 9.47 Å². The van der Waals surface area contributed by atoms with Gasteiger partial charge in [0.15, 0.2) is 0 Å². The van der Waals surface area contributed by atoms with Crippen molar-refractivity contribution >= 4 is 23.1 Å². The number of methoxy groups -OCH3 is 2. The maximum absolute atomic E-state index is 13.8. The van der Waals surface area contributed by atoms with Crippen molar-refractivity contribution in [2.75, 3.05) is 45.4 Å². The number of carbonyl (C=O) groups is 2. The molecule has 0 spiro atoms. The van der Waals surface area contributed by atoms with Crippen molar-refractivity contribution in [3.63, 3.8) is 0 Å². The van der Waals surface area contributed by atoms with Gasteiger partial charge in [-0.15, -0.1) is 0 Å². The predicted octanol–water partition coefficient (Wildman–Crippen LogP) is 3.80. The molecule has 0 radical (unpaired) electrons. The van der Waals surface area contributed by atoms with Crippen molar-refractivity contribution in [1.82, 2.24) is 4.90 Å². The number of hydrogen-bond donors (Lipinski definition) is 0. The van der Waals surface area contributed by atoms with E-state index >= 15 is 0 Å². The van der Waals surface area contributed by atoms with E-state index in [1.54, 1.807) is 14.2 Å². The molecule has 2 aromatic rings. The number of ether oxygens (including phenoxy) is 2. The zero-order valence-electron chi connectivity index (χ0n) is 19.8. The van der Waals surface area contributed by atoms with Crippen LogP contribution >= 0.6 is 0 Å². The highest BCUT2D eigenvalue weighted by molar-refractivity contribution is 6.45. The summed E-state index contributed by atoms with van der Waals surface area (Å²) in [6.07, 6.45) is 0. The fraction of sp³-hybridized carbons (Fsp3) is 0.385. The highest BCUT2D eigenvalue weighted by Gasteiger charge is 2.42. The molecule has 6 nitrogen and oxygen atoms in total. The van der Waals surface area contributed by atoms with E-state index in [1.807, 2.05) is 69.0 Å². The number of nitrogens with zero attached hydrogens (tertiary/aromatic N) is 2. The van der Waals surface area contributed by atoms with Crippen molar-refractivity contribution < 1.29 is 19.1 Å². The maximum atomic E-state index is 13.8. The van der Waals surface area contributed by atoms with Crippen LogP contribution < -0.4 is 4.90 Å². The minimum absolute atomic E-state index is 0.306. The third-order valence-corrected chi connectivity index (χ3v) is 5.91. The van der Waals surface area contributed by atoms with Crippen LogP contribution in [0.15, 0.2) is 42.1 Å². The Morgan fingerprint density at radius 2 is 1.44 bits per heavy atom. The van der Waals surface area contributed by atoms with Gasteiger partial charge in [0.05, 0.1) is 24.5 Å². The van der Waals surface area contributed by atoms with Crippen LogP contribution in [-0.2, 0) is 19.1 Å². The van der Waals surface area contributed by atoms with Gasteiger partial charge in [0.2, 0.25) is 0 Å². The summed E-state index contributed by atoms with van der Waals surface area (Å²) in [6.45, 7) is 9.78. The summed E-state index contributed by atoms with van der Waals surface area (Å²) >= 11 is 0. The first-order chi connectivity index (χ1) is 15.3. The maximum Gasteiger partial charge on any atom is 0.282 e. The zero-order valence-corrected chi connectivity index (χ0v) is 19.8. The molecular formula is C26H32N2O4. The topological polar surface area (TPSA) is 59.1 Å². The Kier molecular flexibility index (Phi) is 7.48. The van der Waals surface area contributed by atoms with Gasteiger partial charge in [-0.2, -0.15) is 0 Å². The average molecular weight is 437 g/mol. The second-order valence-electron chi connectivity index (χ2n) is 8.23. The van der Waals surface area contributed by atoms with Gasteiger partial charge in [-0.05, 0) is 62.1 Å². The molecule has 0 aliphatic carbocycles. The first-order valence-corrected chi connectivity index (χ1v) is 10.8. The van der Waals surface area contributed by atoms with E-state index < -0.39 is 0 Å². The molecule has 0 aromatic heterocycles. The number of imide groups is 1. The van der Waals surface area contributed by atoms with Crippen LogP contribution in [0, 0.1) is 27.7 Å². The SMILES string of the molecule is COCCN(CCOC)C1=C(c2ccc(C)cc2C)C(=O)N(c2ccc(C)c(C)c2)C1=O. The quantitative estimate of drug-likeness (QED) is 0.560. The zero-order chi connectivity index (χ0) is 23.4. The molecule has 3 rings (SSSR count). The third kappa shape index (κ3) is 4.61. The lowest BCUT2D eigenvalue weighted by molar-refractivity contribution is -0.120. The van der Waals surface area contributed by atoms with E-state index in [0.29, 0.717) is 43.3 Å². The number of carbonyl (C=O) groups excluding carboxylic acids is 2. The number of anilines is 1. The van der Waals surface area contributed by atoms with Gasteiger partial charge in [-0.1, -0.05) is 29.8 Å². The molecule has 0 unspecified atom stereocenters. The molecule has 1 aliphatic heterocycles. The van der Waals surface area contributed by atoms with Crippen molar-refractivity contribution in [1.29, 1.82) is 0 Å². The second-order valence-corrected chi connectivity index (χ2v) is 8.23. The van der Waals surface area contributed by atoms with Gasteiger partial charge in [0, 0.05) is 27.3 Å². The molecule has 0 saturated carbocycles. The van der Waals surface area contributed by atoms with Gasteiger partial charge < -0.3 is 14.4 Å². The Hall–Kier alpha value is -2.96. The van der Waals surface area contributed by atoms with Crippen LogP contribution in [0.4, 0.5) is 5.69 Å². The molecule has 170 valence electrons. The highest BCUT2D eigenvalue weighted by atomic mass is 16.5. The molecule has 0 bridgehead atoms. The molecule has 1 heterocycles. The molecule has 32 heavy (non-hydrogen) atoms. The van der Waals surface area contributed by atoms with Gasteiger partial charge >= 0.3 is 0 Å². The van der Waals surface area contributed by atoms with Gasteiger partial charge in [0.25, 0.3) is 11.8 Å². The summed E-state index contributed by atoms with van der Waals surface area (Å²) in [5.41, 5.74) is 6.38. The van der Waals surface area contributed by atoms with Crippen LogP contribution in [0.5, 0.6) is 0 Å². The normalized spacial score (nSPS) is 14.0. The Morgan fingerprint density at radius 3 is 2.00 bits per heavy atom. The molecule has 1 aliphatic rings. The number of benzene rings is 2. The summed E-state index contributed by atoms with van der Waals surface area (Å²) in [6, 6.07) is 11.6. The summed E-state index contributed by atoms with van der Waals surface area (Å²) < 4.78 is 10.6. The third-order valence-electron chi connectivity index (χ3n) is 5.91. The average Bonchev–Trinajstić information content (AvgIpc) is 3.00. The van der Waals surface area contributed by atoms with Gasteiger partial charge in [-0.3, -0.25) is 9.59 Å². The molecule has 2 amide bonds. The van der Waals surface area contributed by atoms with Crippen molar-refractivity contribution in [2.24, 2.45) is 0 Å². The fourth-order valence-electron chi connectivity index (χ4n) is 3.99. The van der Waals surface area contributed by atoms with E-state index in [9.17, 15) is 9.59 Å². The number of aryl methyl sites for hydroxylation is 4. The van der Waals surface area contributed by atoms with Crippen LogP contribution in [-0.4, -0.2) is 57.2 Å². The second kappa shape index (κ2) is 10.1. The molecular weight excluding hydrogens is 404 g/mol. The lowest BCUT2D eigenvalue weighted by Crippen LogP contribution is -2.37. The molecule has 6 heteroatoms. The standard InChI is InChI=1S/C26H32N2O4/c1-17-7-10-22(20(4)15-17)23-24(27(11-13-31-5)12-14-32-6)26(30)28(25(23)29)21-9-8-18(2)19(3)16-21/h7-10,15-16H,11-14H2,1-6H3. The van der Waals surface area contributed by atoms with E-state index in [0.717, 1.165) is 27.8 Å². The molecule has 0 saturated heterocycles. The summed E-state index contributed by atoms with van der Waals surface area (Å²) in [5, 5.41) is 0. The summed E-state index contributed by atoms with van der Waals surface area (Å²) in [5.74, 6) is -0.625. The monoisotopic (exact) mass is 436 g/mol. The lowest BCUT2D eigenvalue weighted by Gasteiger charge is -2.26. The van der Waals surface area contributed by atoms with Crippen molar-refractivity contribution in [2.45, 2.75) is 27.7 Å². The Bertz CT molecular complexity index is 1050. The van der Waals surface area contributed by atoms with Crippen LogP contribution in [0.3, 0.4) is 0 Å². The van der Waals surface area contributed by atoms with Gasteiger partial charge in [-0.25, -0.2) is 4.90 Å². The van der Waals surface area contributed by atoms with Gasteiger partial charge in [0.1, 0.15) is 5.70 Å². The van der Waals surface area contributed by atoms with E-state index in [2.05, 4.69) is 0 Å². The minimum Gasteiger partial charge on any atom is -0.383 e. The van der Waals surface area contributed by atoms with Crippen LogP contribution in [0.25, 0.3) is 5.57 Å². The Balaban J connectivity index is 2.18.